The Morgan fingerprint density at radius 1 is 1.25 bits per heavy atom. The third-order valence-electron chi connectivity index (χ3n) is 6.15. The van der Waals surface area contributed by atoms with Crippen LogP contribution >= 0.6 is 11.3 Å². The maximum absolute atomic E-state index is 15.7. The molecular weight excluding hydrogens is 386 g/mol. The molecule has 5 rings (SSSR count). The van der Waals surface area contributed by atoms with Gasteiger partial charge in [-0.1, -0.05) is 0 Å². The van der Waals surface area contributed by atoms with E-state index in [-0.39, 0.29) is 12.2 Å². The predicted molar refractivity (Wildman–Crippen MR) is 100 cm³/mol. The van der Waals surface area contributed by atoms with Crippen molar-refractivity contribution in [2.75, 3.05) is 24.5 Å². The van der Waals surface area contributed by atoms with Crippen molar-refractivity contribution in [3.63, 3.8) is 0 Å². The first-order valence-corrected chi connectivity index (χ1v) is 10.2. The lowest BCUT2D eigenvalue weighted by Gasteiger charge is -2.22. The Morgan fingerprint density at radius 2 is 2.04 bits per heavy atom. The third-order valence-corrected chi connectivity index (χ3v) is 7.11. The third kappa shape index (κ3) is 2.19. The number of anilines is 1. The molecule has 2 amide bonds. The van der Waals surface area contributed by atoms with Crippen molar-refractivity contribution in [1.29, 1.82) is 0 Å². The van der Waals surface area contributed by atoms with Crippen LogP contribution in [0.4, 0.5) is 14.5 Å². The van der Waals surface area contributed by atoms with E-state index in [1.54, 1.807) is 6.07 Å². The van der Waals surface area contributed by atoms with Crippen molar-refractivity contribution in [3.8, 4) is 0 Å². The highest BCUT2D eigenvalue weighted by Crippen LogP contribution is 2.48. The van der Waals surface area contributed by atoms with Gasteiger partial charge in [-0.15, -0.1) is 11.3 Å². The highest BCUT2D eigenvalue weighted by molar-refractivity contribution is 7.12. The maximum Gasteiger partial charge on any atom is 0.274 e. The van der Waals surface area contributed by atoms with Gasteiger partial charge in [0, 0.05) is 21.0 Å². The number of thiophene rings is 1. The quantitative estimate of drug-likeness (QED) is 0.833. The molecule has 4 heterocycles. The molecule has 2 aliphatic heterocycles. The van der Waals surface area contributed by atoms with Crippen molar-refractivity contribution >= 4 is 28.8 Å². The largest absolute Gasteiger partial charge is 0.330 e. The molecular formula is C19H20F2N4O2S. The Bertz CT molecular complexity index is 1020. The van der Waals surface area contributed by atoms with E-state index >= 15 is 8.78 Å². The first-order chi connectivity index (χ1) is 13.2. The number of rotatable bonds is 2. The summed E-state index contributed by atoms with van der Waals surface area (Å²) < 4.78 is 31.4. The van der Waals surface area contributed by atoms with Crippen LogP contribution in [-0.4, -0.2) is 57.9 Å². The lowest BCUT2D eigenvalue weighted by molar-refractivity contribution is -0.130. The van der Waals surface area contributed by atoms with Crippen LogP contribution in [0.2, 0.25) is 0 Å². The van der Waals surface area contributed by atoms with Crippen LogP contribution in [0.25, 0.3) is 0 Å². The topological polar surface area (TPSA) is 69.3 Å². The molecule has 9 heteroatoms. The summed E-state index contributed by atoms with van der Waals surface area (Å²) in [5.41, 5.74) is -2.63. The fourth-order valence-corrected chi connectivity index (χ4v) is 5.66. The van der Waals surface area contributed by atoms with Gasteiger partial charge < -0.3 is 9.80 Å². The van der Waals surface area contributed by atoms with Crippen LogP contribution in [0.5, 0.6) is 0 Å². The summed E-state index contributed by atoms with van der Waals surface area (Å²) in [6.45, 7) is 2.30. The van der Waals surface area contributed by atoms with E-state index in [2.05, 4.69) is 10.2 Å². The van der Waals surface area contributed by atoms with Crippen molar-refractivity contribution in [1.82, 2.24) is 15.1 Å². The van der Waals surface area contributed by atoms with Gasteiger partial charge in [0.15, 0.2) is 11.4 Å². The molecule has 0 saturated carbocycles. The van der Waals surface area contributed by atoms with E-state index in [0.29, 0.717) is 5.69 Å². The molecule has 2 aromatic heterocycles. The van der Waals surface area contributed by atoms with Gasteiger partial charge in [-0.05, 0) is 39.2 Å². The molecule has 3 aliphatic rings. The summed E-state index contributed by atoms with van der Waals surface area (Å²) in [6.07, 6.45) is 2.48. The van der Waals surface area contributed by atoms with Crippen LogP contribution in [-0.2, 0) is 17.6 Å². The number of aromatic nitrogens is 2. The summed E-state index contributed by atoms with van der Waals surface area (Å²) in [6, 6.07) is 1.78. The van der Waals surface area contributed by atoms with Crippen LogP contribution in [0.15, 0.2) is 6.07 Å². The molecule has 2 saturated heterocycles. The second kappa shape index (κ2) is 5.62. The van der Waals surface area contributed by atoms with Gasteiger partial charge in [0.25, 0.3) is 11.8 Å². The standard InChI is InChI=1S/C19H20F2N4O2S/c1-10-6-14(11(2)28-10)25-8-18(20)7-24(9-19(18,21)17(25)27)16(26)15-12-4-3-5-13(12)22-23-15/h6H,3-5,7-9H2,1-2H3,(H,22,23)/t18-,19+/m0/s1. The van der Waals surface area contributed by atoms with Crippen molar-refractivity contribution < 1.29 is 18.4 Å². The average molecular weight is 406 g/mol. The van der Waals surface area contributed by atoms with Gasteiger partial charge in [0.2, 0.25) is 5.67 Å². The minimum atomic E-state index is -2.73. The molecule has 148 valence electrons. The zero-order valence-electron chi connectivity index (χ0n) is 15.6. The molecule has 0 unspecified atom stereocenters. The molecule has 2 aromatic rings. The minimum absolute atomic E-state index is 0.230. The molecule has 0 bridgehead atoms. The molecule has 0 aromatic carbocycles. The number of carbonyl (C=O) groups is 2. The number of aryl methyl sites for hydroxylation is 3. The van der Waals surface area contributed by atoms with Crippen molar-refractivity contribution in [2.45, 2.75) is 44.4 Å². The second-order valence-electron chi connectivity index (χ2n) is 8.00. The van der Waals surface area contributed by atoms with Gasteiger partial charge in [-0.3, -0.25) is 14.7 Å². The number of hydrogen-bond donors (Lipinski definition) is 1. The molecule has 6 nitrogen and oxygen atoms in total. The summed E-state index contributed by atoms with van der Waals surface area (Å²) in [7, 11) is 0. The van der Waals surface area contributed by atoms with Crippen molar-refractivity contribution in [3.05, 3.63) is 32.8 Å². The van der Waals surface area contributed by atoms with Crippen LogP contribution in [0.3, 0.4) is 0 Å². The van der Waals surface area contributed by atoms with E-state index < -0.39 is 36.2 Å². The summed E-state index contributed by atoms with van der Waals surface area (Å²) in [5, 5.41) is 6.91. The SMILES string of the molecule is Cc1cc(N2C[C@@]3(F)CN(C(=O)c4n[nH]c5c4CCC5)C[C@@]3(F)C2=O)c(C)s1. The highest BCUT2D eigenvalue weighted by atomic mass is 32.1. The first-order valence-electron chi connectivity index (χ1n) is 9.36. The fraction of sp³-hybridized carbons (Fsp3) is 0.526. The zero-order chi connectivity index (χ0) is 19.8. The number of alkyl halides is 2. The van der Waals surface area contributed by atoms with Gasteiger partial charge in [-0.25, -0.2) is 8.78 Å². The smallest absolute Gasteiger partial charge is 0.274 e. The number of carbonyl (C=O) groups excluding carboxylic acids is 2. The lowest BCUT2D eigenvalue weighted by Crippen LogP contribution is -2.47. The number of likely N-dealkylation sites (tertiary alicyclic amines) is 1. The van der Waals surface area contributed by atoms with E-state index in [9.17, 15) is 9.59 Å². The Hall–Kier alpha value is -2.29. The van der Waals surface area contributed by atoms with Gasteiger partial charge >= 0.3 is 0 Å². The molecule has 1 N–H and O–H groups in total. The summed E-state index contributed by atoms with van der Waals surface area (Å²) in [5.74, 6) is -1.41. The van der Waals surface area contributed by atoms with E-state index in [4.69, 9.17) is 0 Å². The van der Waals surface area contributed by atoms with Gasteiger partial charge in [-0.2, -0.15) is 5.10 Å². The predicted octanol–water partition coefficient (Wildman–Crippen LogP) is 2.50. The number of nitrogens with one attached hydrogen (secondary N) is 1. The number of amides is 2. The molecule has 2 fully saturated rings. The number of halogens is 2. The van der Waals surface area contributed by atoms with E-state index in [0.717, 1.165) is 45.2 Å². The average Bonchev–Trinajstić information content (AvgIpc) is 3.38. The van der Waals surface area contributed by atoms with Gasteiger partial charge in [0.1, 0.15) is 0 Å². The van der Waals surface area contributed by atoms with E-state index in [1.165, 1.54) is 16.2 Å². The van der Waals surface area contributed by atoms with Crippen molar-refractivity contribution in [2.24, 2.45) is 0 Å². The summed E-state index contributed by atoms with van der Waals surface area (Å²) >= 11 is 1.48. The molecule has 2 atom stereocenters. The maximum atomic E-state index is 15.7. The van der Waals surface area contributed by atoms with Crippen LogP contribution < -0.4 is 4.90 Å². The molecule has 28 heavy (non-hydrogen) atoms. The number of hydrogen-bond acceptors (Lipinski definition) is 4. The Morgan fingerprint density at radius 3 is 2.71 bits per heavy atom. The van der Waals surface area contributed by atoms with Crippen LogP contribution in [0.1, 0.15) is 37.9 Å². The Labute approximate surface area is 164 Å². The first kappa shape index (κ1) is 17.8. The Kier molecular flexibility index (Phi) is 3.57. The Balaban J connectivity index is 1.43. The minimum Gasteiger partial charge on any atom is -0.330 e. The highest BCUT2D eigenvalue weighted by Gasteiger charge is 2.72. The number of aromatic amines is 1. The monoisotopic (exact) mass is 406 g/mol. The number of fused-ring (bicyclic) bond motifs is 2. The molecule has 0 radical (unpaired) electrons. The second-order valence-corrected chi connectivity index (χ2v) is 9.46. The number of H-pyrrole nitrogens is 1. The van der Waals surface area contributed by atoms with Crippen LogP contribution in [0, 0.1) is 13.8 Å². The summed E-state index contributed by atoms with van der Waals surface area (Å²) in [4.78, 5) is 29.9. The fourth-order valence-electron chi connectivity index (χ4n) is 4.73. The van der Waals surface area contributed by atoms with Gasteiger partial charge in [0.05, 0.1) is 25.3 Å². The zero-order valence-corrected chi connectivity index (χ0v) is 16.5. The molecule has 0 spiro atoms. The lowest BCUT2D eigenvalue weighted by atomic mass is 9.93. The number of nitrogens with zero attached hydrogens (tertiary/aromatic N) is 3. The molecule has 1 aliphatic carbocycles. The normalized spacial score (nSPS) is 28.9. The van der Waals surface area contributed by atoms with E-state index in [1.807, 2.05) is 13.8 Å².